The maximum atomic E-state index is 14.7. The molecule has 3 aromatic carbocycles. The normalized spacial score (nSPS) is 24.3. The standard InChI is InChI=1S/C52H66N10O11/c1-29(2)44-52(73)62-23-11-17-42(62)51(72)60-39(25-32-18-20-34(63)21-19-32)48(69)59-41(27-43(64)65)50(71)57-38(24-31-12-5-4-6-13-31)47(68)58-40(26-33-28-54-36-15-8-7-14-35(33)36)49(70)56-37(16-9-10-22-53)46(67)55-30(3)45(66)61-44/h4-8,12-15,18-21,28-30,37-42,44,54,63H,9-11,16-17,22-27,53H2,1-3H3,(H,55,67)(H,56,70)(H,57,71)(H,58,68)(H,59,69)(H,60,72)(H,61,66)(H,64,65)/t30-,37-,38-,39-,40-,41-,42-,44-/m0/s1. The number of nitrogens with two attached hydrogens (primary N) is 1. The first kappa shape index (κ1) is 54.5. The van der Waals surface area contributed by atoms with E-state index in [0.29, 0.717) is 36.0 Å². The molecule has 8 amide bonds. The van der Waals surface area contributed by atoms with Gasteiger partial charge in [0.25, 0.3) is 0 Å². The Morgan fingerprint density at radius 3 is 1.82 bits per heavy atom. The van der Waals surface area contributed by atoms with Crippen LogP contribution in [0.15, 0.2) is 85.1 Å². The Hall–Kier alpha value is -7.81. The van der Waals surface area contributed by atoms with Crippen LogP contribution < -0.4 is 43.0 Å². The lowest BCUT2D eigenvalue weighted by Gasteiger charge is -2.32. The highest BCUT2D eigenvalue weighted by Gasteiger charge is 2.41. The number of rotatable bonds is 13. The van der Waals surface area contributed by atoms with Gasteiger partial charge in [-0.25, -0.2) is 0 Å². The number of nitrogens with zero attached hydrogens (tertiary/aromatic N) is 1. The SMILES string of the molecule is CC(C)[C@@H]1NC(=O)[C@H](C)NC(=O)[C@H](CCCCN)NC(=O)[C@H](Cc2c[nH]c3ccccc23)NC(=O)[C@H](Cc2ccccc2)NC(=O)[C@H](CC(=O)O)NC(=O)[C@H](Cc2ccc(O)cc2)NC(=O)[C@@H]2CCCN2C1=O. The van der Waals surface area contributed by atoms with Crippen molar-refractivity contribution >= 4 is 64.1 Å². The Balaban J connectivity index is 1.42. The zero-order valence-electron chi connectivity index (χ0n) is 41.2. The zero-order chi connectivity index (χ0) is 52.8. The van der Waals surface area contributed by atoms with E-state index in [1.165, 1.54) is 36.1 Å². The number of hydrogen-bond acceptors (Lipinski definition) is 11. The van der Waals surface area contributed by atoms with Gasteiger partial charge >= 0.3 is 5.97 Å². The Kier molecular flexibility index (Phi) is 19.1. The van der Waals surface area contributed by atoms with Gasteiger partial charge in [-0.05, 0) is 86.4 Å². The lowest BCUT2D eigenvalue weighted by molar-refractivity contribution is -0.143. The second kappa shape index (κ2) is 25.5. The van der Waals surface area contributed by atoms with E-state index in [2.05, 4.69) is 42.2 Å². The molecule has 390 valence electrons. The number of fused-ring (bicyclic) bond motifs is 2. The van der Waals surface area contributed by atoms with Crippen molar-refractivity contribution in [3.05, 3.63) is 102 Å². The van der Waals surface area contributed by atoms with E-state index in [0.717, 1.165) is 10.9 Å². The van der Waals surface area contributed by atoms with Crippen LogP contribution in [0.5, 0.6) is 5.75 Å². The number of carbonyl (C=O) groups excluding carboxylic acids is 8. The lowest BCUT2D eigenvalue weighted by Crippen LogP contribution is -2.62. The minimum Gasteiger partial charge on any atom is -0.508 e. The number of nitrogens with one attached hydrogen (secondary N) is 8. The summed E-state index contributed by atoms with van der Waals surface area (Å²) in [4.78, 5) is 132. The van der Waals surface area contributed by atoms with Crippen molar-refractivity contribution in [1.29, 1.82) is 0 Å². The minimum atomic E-state index is -1.82. The van der Waals surface area contributed by atoms with Gasteiger partial charge in [-0.3, -0.25) is 43.2 Å². The van der Waals surface area contributed by atoms with Crippen molar-refractivity contribution in [2.45, 2.75) is 127 Å². The van der Waals surface area contributed by atoms with E-state index in [9.17, 15) is 53.4 Å². The number of unbranched alkanes of at least 4 members (excludes halogenated alkanes) is 1. The van der Waals surface area contributed by atoms with E-state index in [1.807, 2.05) is 18.2 Å². The van der Waals surface area contributed by atoms with E-state index in [1.54, 1.807) is 56.4 Å². The number of amides is 8. The van der Waals surface area contributed by atoms with Crippen LogP contribution in [0.4, 0.5) is 0 Å². The Morgan fingerprint density at radius 1 is 0.644 bits per heavy atom. The van der Waals surface area contributed by atoms with Crippen molar-refractivity contribution in [2.24, 2.45) is 11.7 Å². The fraction of sp³-hybridized carbons (Fsp3) is 0.442. The molecular formula is C52H66N10O11. The van der Waals surface area contributed by atoms with Crippen LogP contribution in [-0.4, -0.2) is 135 Å². The molecule has 0 aliphatic carbocycles. The smallest absolute Gasteiger partial charge is 0.305 e. The molecule has 73 heavy (non-hydrogen) atoms. The first-order valence-electron chi connectivity index (χ1n) is 24.6. The zero-order valence-corrected chi connectivity index (χ0v) is 41.2. The van der Waals surface area contributed by atoms with Crippen LogP contribution in [0.1, 0.15) is 76.0 Å². The third-order valence-electron chi connectivity index (χ3n) is 13.1. The molecule has 12 N–H and O–H groups in total. The van der Waals surface area contributed by atoms with Crippen LogP contribution in [0.2, 0.25) is 0 Å². The molecule has 2 saturated heterocycles. The maximum absolute atomic E-state index is 14.7. The van der Waals surface area contributed by atoms with Crippen LogP contribution >= 0.6 is 0 Å². The third-order valence-corrected chi connectivity index (χ3v) is 13.1. The molecule has 0 radical (unpaired) electrons. The summed E-state index contributed by atoms with van der Waals surface area (Å²) < 4.78 is 0. The van der Waals surface area contributed by atoms with E-state index in [4.69, 9.17) is 5.73 Å². The Bertz CT molecular complexity index is 2620. The number of aromatic nitrogens is 1. The second-order valence-electron chi connectivity index (χ2n) is 19.0. The van der Waals surface area contributed by atoms with Crippen LogP contribution in [0, 0.1) is 5.92 Å². The molecule has 0 bridgehead atoms. The van der Waals surface area contributed by atoms with Crippen LogP contribution in [0.3, 0.4) is 0 Å². The van der Waals surface area contributed by atoms with Gasteiger partial charge in [0.15, 0.2) is 0 Å². The number of carboxylic acids is 1. The second-order valence-corrected chi connectivity index (χ2v) is 19.0. The van der Waals surface area contributed by atoms with Crippen molar-refractivity contribution in [3.8, 4) is 5.75 Å². The molecule has 21 heteroatoms. The average Bonchev–Trinajstić information content (AvgIpc) is 4.03. The first-order valence-corrected chi connectivity index (χ1v) is 24.6. The van der Waals surface area contributed by atoms with Gasteiger partial charge in [0.05, 0.1) is 6.42 Å². The highest BCUT2D eigenvalue weighted by atomic mass is 16.4. The summed E-state index contributed by atoms with van der Waals surface area (Å²) in [6.45, 7) is 5.24. The molecule has 0 unspecified atom stereocenters. The van der Waals surface area contributed by atoms with Crippen molar-refractivity contribution in [1.82, 2.24) is 47.1 Å². The minimum absolute atomic E-state index is 0.0747. The number of aromatic amines is 1. The summed E-state index contributed by atoms with van der Waals surface area (Å²) >= 11 is 0. The number of benzene rings is 3. The maximum Gasteiger partial charge on any atom is 0.305 e. The molecule has 6 rings (SSSR count). The van der Waals surface area contributed by atoms with Crippen molar-refractivity contribution in [2.75, 3.05) is 13.1 Å². The van der Waals surface area contributed by atoms with Gasteiger partial charge < -0.3 is 63.0 Å². The molecule has 2 aliphatic rings. The number of aliphatic carboxylic acids is 1. The summed E-state index contributed by atoms with van der Waals surface area (Å²) in [5.74, 6) is -8.55. The molecule has 0 spiro atoms. The number of hydrogen-bond donors (Lipinski definition) is 11. The third kappa shape index (κ3) is 14.9. The first-order chi connectivity index (χ1) is 34.9. The molecule has 21 nitrogen and oxygen atoms in total. The molecule has 8 atom stereocenters. The average molecular weight is 1010 g/mol. The van der Waals surface area contributed by atoms with Gasteiger partial charge in [-0.1, -0.05) is 74.5 Å². The number of para-hydroxylation sites is 1. The number of aromatic hydroxyl groups is 1. The highest BCUT2D eigenvalue weighted by molar-refractivity contribution is 6.00. The molecule has 0 saturated carbocycles. The molecular weight excluding hydrogens is 941 g/mol. The topological polar surface area (TPSA) is 323 Å². The molecule has 4 aromatic rings. The largest absolute Gasteiger partial charge is 0.508 e. The summed E-state index contributed by atoms with van der Waals surface area (Å²) in [7, 11) is 0. The lowest BCUT2D eigenvalue weighted by atomic mass is 10.00. The van der Waals surface area contributed by atoms with Crippen LogP contribution in [-0.2, 0) is 62.4 Å². The fourth-order valence-electron chi connectivity index (χ4n) is 9.02. The summed E-state index contributed by atoms with van der Waals surface area (Å²) in [5.41, 5.74) is 8.19. The van der Waals surface area contributed by atoms with Gasteiger partial charge in [0.2, 0.25) is 47.3 Å². The van der Waals surface area contributed by atoms with E-state index < -0.39 is 114 Å². The van der Waals surface area contributed by atoms with Gasteiger partial charge in [0.1, 0.15) is 54.1 Å². The van der Waals surface area contributed by atoms with Gasteiger partial charge in [-0.2, -0.15) is 0 Å². The predicted octanol–water partition coefficient (Wildman–Crippen LogP) is 0.579. The molecule has 3 heterocycles. The predicted molar refractivity (Wildman–Crippen MR) is 268 cm³/mol. The number of carboxylic acid groups (broad SMARTS) is 1. The van der Waals surface area contributed by atoms with E-state index >= 15 is 0 Å². The molecule has 2 aliphatic heterocycles. The van der Waals surface area contributed by atoms with Crippen LogP contribution in [0.25, 0.3) is 10.9 Å². The Morgan fingerprint density at radius 2 is 1.19 bits per heavy atom. The quantitative estimate of drug-likeness (QED) is 0.0820. The summed E-state index contributed by atoms with van der Waals surface area (Å²) in [6, 6.07) is 10.7. The molecule has 1 aromatic heterocycles. The highest BCUT2D eigenvalue weighted by Crippen LogP contribution is 2.23. The summed E-state index contributed by atoms with van der Waals surface area (Å²) in [5, 5.41) is 39.5. The van der Waals surface area contributed by atoms with E-state index in [-0.39, 0.29) is 50.9 Å². The number of H-pyrrole nitrogens is 1. The summed E-state index contributed by atoms with van der Waals surface area (Å²) in [6.07, 6.45) is 1.78. The number of carbonyl (C=O) groups is 9. The number of phenolic OH excluding ortho intramolecular Hbond substituents is 1. The fourth-order valence-corrected chi connectivity index (χ4v) is 9.02. The van der Waals surface area contributed by atoms with Crippen molar-refractivity contribution in [3.63, 3.8) is 0 Å². The monoisotopic (exact) mass is 1010 g/mol. The van der Waals surface area contributed by atoms with Gasteiger partial charge in [-0.15, -0.1) is 0 Å². The van der Waals surface area contributed by atoms with Crippen molar-refractivity contribution < 1.29 is 53.4 Å². The van der Waals surface area contributed by atoms with Gasteiger partial charge in [0, 0.05) is 42.9 Å². The number of phenols is 1. The molecule has 2 fully saturated rings. The Labute approximate surface area is 422 Å².